The first-order valence-electron chi connectivity index (χ1n) is 11.4. The van der Waals surface area contributed by atoms with Gasteiger partial charge in [0.2, 0.25) is 0 Å². The molecule has 0 aliphatic carbocycles. The number of benzene rings is 1. The van der Waals surface area contributed by atoms with Crippen LogP contribution in [-0.4, -0.2) is 77.7 Å². The molecule has 2 N–H and O–H groups in total. The lowest BCUT2D eigenvalue weighted by molar-refractivity contribution is 0.0459. The fraction of sp³-hybridized carbons (Fsp3) is 0.565. The Morgan fingerprint density at radius 2 is 1.88 bits per heavy atom. The first-order valence-corrected chi connectivity index (χ1v) is 11.4. The molecule has 1 fully saturated rings. The largest absolute Gasteiger partial charge is 0.484 e. The van der Waals surface area contributed by atoms with Crippen LogP contribution in [0.2, 0.25) is 0 Å². The van der Waals surface area contributed by atoms with Crippen molar-refractivity contribution in [2.45, 2.75) is 19.4 Å². The van der Waals surface area contributed by atoms with Crippen LogP contribution in [0.4, 0.5) is 11.5 Å². The summed E-state index contributed by atoms with van der Waals surface area (Å²) in [6.07, 6.45) is 0.589. The number of piperazine rings is 1. The lowest BCUT2D eigenvalue weighted by Crippen LogP contribution is -2.47. The van der Waals surface area contributed by atoms with Crippen LogP contribution in [0.1, 0.15) is 12.0 Å². The molecule has 33 heavy (non-hydrogen) atoms. The Labute approximate surface area is 192 Å². The Hall–Kier alpha value is -2.98. The summed E-state index contributed by atoms with van der Waals surface area (Å²) in [5, 5.41) is 12.6. The molecule has 0 spiro atoms. The highest BCUT2D eigenvalue weighted by atomic mass is 16.6. The fourth-order valence-electron chi connectivity index (χ4n) is 4.46. The molecule has 1 atom stereocenters. The molecule has 2 aliphatic rings. The molecule has 0 amide bonds. The van der Waals surface area contributed by atoms with Crippen LogP contribution in [-0.2, 0) is 14.1 Å². The molecule has 0 unspecified atom stereocenters. The normalized spacial score (nSPS) is 18.4. The molecule has 10 nitrogen and oxygen atoms in total. The summed E-state index contributed by atoms with van der Waals surface area (Å²) in [7, 11) is 3.18. The molecule has 1 saturated heterocycles. The maximum Gasteiger partial charge on any atom is 0.332 e. The van der Waals surface area contributed by atoms with Crippen molar-refractivity contribution in [3.8, 4) is 11.5 Å². The number of rotatable bonds is 7. The second-order valence-corrected chi connectivity index (χ2v) is 8.63. The Morgan fingerprint density at radius 1 is 1.12 bits per heavy atom. The van der Waals surface area contributed by atoms with Gasteiger partial charge in [0.1, 0.15) is 12.4 Å². The summed E-state index contributed by atoms with van der Waals surface area (Å²) in [4.78, 5) is 29.1. The Bertz CT molecular complexity index is 1070. The average molecular weight is 460 g/mol. The number of aromatic nitrogens is 2. The maximum atomic E-state index is 12.2. The van der Waals surface area contributed by atoms with Gasteiger partial charge in [-0.3, -0.25) is 18.8 Å². The van der Waals surface area contributed by atoms with E-state index in [2.05, 4.69) is 21.2 Å². The van der Waals surface area contributed by atoms with Crippen LogP contribution >= 0.6 is 0 Å². The van der Waals surface area contributed by atoms with E-state index in [-0.39, 0.29) is 24.0 Å². The van der Waals surface area contributed by atoms with Gasteiger partial charge in [0.05, 0.1) is 17.9 Å². The third kappa shape index (κ3) is 4.72. The third-order valence-corrected chi connectivity index (χ3v) is 6.42. The molecule has 2 aromatic rings. The minimum absolute atomic E-state index is 0.0615. The molecule has 180 valence electrons. The highest BCUT2D eigenvalue weighted by Crippen LogP contribution is 2.40. The van der Waals surface area contributed by atoms with Crippen LogP contribution in [0, 0.1) is 6.92 Å². The van der Waals surface area contributed by atoms with Gasteiger partial charge in [-0.1, -0.05) is 6.07 Å². The molecule has 2 aliphatic heterocycles. The molecule has 1 aromatic heterocycles. The first kappa shape index (κ1) is 23.2. The van der Waals surface area contributed by atoms with Crippen molar-refractivity contribution >= 4 is 11.5 Å². The van der Waals surface area contributed by atoms with Gasteiger partial charge in [-0.2, -0.15) is 0 Å². The smallest absolute Gasteiger partial charge is 0.332 e. The van der Waals surface area contributed by atoms with E-state index in [0.717, 1.165) is 55.1 Å². The number of para-hydroxylation sites is 1. The number of aliphatic hydroxyl groups is 1. The molecular weight excluding hydrogens is 426 g/mol. The first-order chi connectivity index (χ1) is 15.9. The number of hydrogen-bond acceptors (Lipinski definition) is 8. The summed E-state index contributed by atoms with van der Waals surface area (Å²) in [5.74, 6) is 2.04. The van der Waals surface area contributed by atoms with E-state index in [1.165, 1.54) is 11.6 Å². The van der Waals surface area contributed by atoms with E-state index in [4.69, 9.17) is 9.47 Å². The van der Waals surface area contributed by atoms with E-state index in [1.54, 1.807) is 14.0 Å². The second kappa shape index (κ2) is 9.88. The highest BCUT2D eigenvalue weighted by Gasteiger charge is 2.26. The Morgan fingerprint density at radius 3 is 2.61 bits per heavy atom. The number of fused-ring (bicyclic) bond motifs is 1. The van der Waals surface area contributed by atoms with Gasteiger partial charge in [0.15, 0.2) is 17.6 Å². The van der Waals surface area contributed by atoms with Gasteiger partial charge in [-0.05, 0) is 32.0 Å². The zero-order valence-corrected chi connectivity index (χ0v) is 19.5. The number of ether oxygens (including phenoxy) is 2. The topological polar surface area (TPSA) is 101 Å². The summed E-state index contributed by atoms with van der Waals surface area (Å²) in [6, 6.07) is 5.89. The molecule has 0 radical (unpaired) electrons. The van der Waals surface area contributed by atoms with E-state index in [1.807, 2.05) is 12.1 Å². The van der Waals surface area contributed by atoms with E-state index < -0.39 is 0 Å². The maximum absolute atomic E-state index is 12.2. The van der Waals surface area contributed by atoms with Crippen molar-refractivity contribution in [2.75, 3.05) is 62.7 Å². The monoisotopic (exact) mass is 459 g/mol. The van der Waals surface area contributed by atoms with Crippen molar-refractivity contribution in [2.24, 2.45) is 14.1 Å². The highest BCUT2D eigenvalue weighted by molar-refractivity contribution is 5.65. The van der Waals surface area contributed by atoms with Crippen molar-refractivity contribution < 1.29 is 14.6 Å². The van der Waals surface area contributed by atoms with E-state index in [0.29, 0.717) is 30.3 Å². The van der Waals surface area contributed by atoms with Crippen molar-refractivity contribution in [3.05, 3.63) is 44.6 Å². The fourth-order valence-corrected chi connectivity index (χ4v) is 4.46. The van der Waals surface area contributed by atoms with Gasteiger partial charge < -0.3 is 24.8 Å². The van der Waals surface area contributed by atoms with Crippen molar-refractivity contribution in [1.29, 1.82) is 0 Å². The van der Waals surface area contributed by atoms with Crippen molar-refractivity contribution in [1.82, 2.24) is 14.0 Å². The van der Waals surface area contributed by atoms with E-state index in [9.17, 15) is 14.7 Å². The van der Waals surface area contributed by atoms with Crippen LogP contribution in [0.5, 0.6) is 11.5 Å². The Balaban J connectivity index is 1.28. The summed E-state index contributed by atoms with van der Waals surface area (Å²) in [6.45, 7) is 7.30. The SMILES string of the molecule is Cc1c(NCCCN2CCN(c3cccc4c3OC[C@H](CO)O4)CC2)n(C)c(=O)n(C)c1=O. The molecule has 4 rings (SSSR count). The predicted molar refractivity (Wildman–Crippen MR) is 127 cm³/mol. The average Bonchev–Trinajstić information content (AvgIpc) is 2.85. The van der Waals surface area contributed by atoms with Gasteiger partial charge in [-0.25, -0.2) is 4.79 Å². The van der Waals surface area contributed by atoms with Gasteiger partial charge >= 0.3 is 5.69 Å². The van der Waals surface area contributed by atoms with Gasteiger partial charge in [0, 0.05) is 46.8 Å². The standard InChI is InChI=1S/C23H33N5O5/c1-16-21(25(2)23(31)26(3)22(16)30)24-8-5-9-27-10-12-28(13-11-27)18-6-4-7-19-20(18)32-15-17(14-29)33-19/h4,6-7,17,24,29H,5,8-15H2,1-3H3/t17-/m0/s1. The van der Waals surface area contributed by atoms with Crippen LogP contribution in [0.15, 0.2) is 27.8 Å². The summed E-state index contributed by atoms with van der Waals surface area (Å²) >= 11 is 0. The number of nitrogens with one attached hydrogen (secondary N) is 1. The minimum Gasteiger partial charge on any atom is -0.484 e. The van der Waals surface area contributed by atoms with Gasteiger partial charge in [-0.15, -0.1) is 0 Å². The number of nitrogens with zero attached hydrogens (tertiary/aromatic N) is 4. The molecule has 1 aromatic carbocycles. The molecule has 10 heteroatoms. The lowest BCUT2D eigenvalue weighted by Gasteiger charge is -2.38. The molecular formula is C23H33N5O5. The lowest BCUT2D eigenvalue weighted by atomic mass is 10.2. The number of aliphatic hydroxyl groups excluding tert-OH is 1. The quantitative estimate of drug-likeness (QED) is 0.565. The molecule has 0 bridgehead atoms. The van der Waals surface area contributed by atoms with Crippen LogP contribution in [0.3, 0.4) is 0 Å². The predicted octanol–water partition coefficient (Wildman–Crippen LogP) is 0.149. The number of anilines is 2. The minimum atomic E-state index is -0.325. The third-order valence-electron chi connectivity index (χ3n) is 6.42. The van der Waals surface area contributed by atoms with Crippen LogP contribution in [0.25, 0.3) is 0 Å². The van der Waals surface area contributed by atoms with E-state index >= 15 is 0 Å². The Kier molecular flexibility index (Phi) is 6.94. The summed E-state index contributed by atoms with van der Waals surface area (Å²) < 4.78 is 14.3. The zero-order valence-electron chi connectivity index (χ0n) is 19.5. The van der Waals surface area contributed by atoms with Crippen LogP contribution < -0.4 is 30.9 Å². The van der Waals surface area contributed by atoms with Gasteiger partial charge in [0.25, 0.3) is 5.56 Å². The molecule has 3 heterocycles. The molecule has 0 saturated carbocycles. The summed E-state index contributed by atoms with van der Waals surface area (Å²) in [5.41, 5.74) is 0.998. The second-order valence-electron chi connectivity index (χ2n) is 8.63. The number of hydrogen-bond donors (Lipinski definition) is 2. The zero-order chi connectivity index (χ0) is 23.5. The van der Waals surface area contributed by atoms with Crippen molar-refractivity contribution in [3.63, 3.8) is 0 Å².